The monoisotopic (exact) mass is 390 g/mol. The van der Waals surface area contributed by atoms with Gasteiger partial charge in [-0.3, -0.25) is 9.56 Å². The number of allylic oxidation sites excluding steroid dienone is 4. The van der Waals surface area contributed by atoms with Crippen molar-refractivity contribution in [3.05, 3.63) is 35.8 Å². The first-order chi connectivity index (χ1) is 13.6. The highest BCUT2D eigenvalue weighted by Gasteiger charge is 2.44. The molecule has 0 aromatic carbocycles. The number of aliphatic hydroxyl groups is 3. The zero-order valence-electron chi connectivity index (χ0n) is 15.9. The van der Waals surface area contributed by atoms with Gasteiger partial charge < -0.3 is 25.5 Å². The molecule has 4 atom stereocenters. The van der Waals surface area contributed by atoms with Crippen LogP contribution in [0.2, 0.25) is 0 Å². The maximum Gasteiger partial charge on any atom is 0.165 e. The van der Waals surface area contributed by atoms with Crippen LogP contribution >= 0.6 is 0 Å². The van der Waals surface area contributed by atoms with E-state index in [1.54, 1.807) is 6.21 Å². The molecular formula is C18H26N6O4. The summed E-state index contributed by atoms with van der Waals surface area (Å²) in [6, 6.07) is 0. The van der Waals surface area contributed by atoms with E-state index in [0.29, 0.717) is 11.5 Å². The number of aromatic nitrogens is 2. The number of nitrogens with zero attached hydrogens (tertiary/aromatic N) is 5. The number of aliphatic imine (C=N–C) groups is 2. The molecule has 1 aliphatic heterocycles. The zero-order valence-corrected chi connectivity index (χ0v) is 15.9. The Labute approximate surface area is 163 Å². The second kappa shape index (κ2) is 10.6. The molecule has 0 amide bonds. The van der Waals surface area contributed by atoms with E-state index in [2.05, 4.69) is 32.2 Å². The van der Waals surface area contributed by atoms with E-state index in [-0.39, 0.29) is 6.54 Å². The molecule has 0 spiro atoms. The molecule has 1 aliphatic rings. The highest BCUT2D eigenvalue weighted by Crippen LogP contribution is 2.33. The number of hydrazone groups is 1. The van der Waals surface area contributed by atoms with Crippen LogP contribution in [0.3, 0.4) is 0 Å². The fourth-order valence-electron chi connectivity index (χ4n) is 2.70. The maximum atomic E-state index is 10.3. The van der Waals surface area contributed by atoms with Crippen molar-refractivity contribution in [3.63, 3.8) is 0 Å². The van der Waals surface area contributed by atoms with Gasteiger partial charge in [0.25, 0.3) is 0 Å². The Kier molecular flexibility index (Phi) is 8.20. The SMILES string of the molecule is C=N/C=N\c1c(CN/N=C/C(/C=C\C)=C/C)ncn1[C@@H]1O[C@H](CO)[C@H](O)C1O. The van der Waals surface area contributed by atoms with Crippen LogP contribution in [0.5, 0.6) is 0 Å². The van der Waals surface area contributed by atoms with Crippen molar-refractivity contribution in [1.82, 2.24) is 15.0 Å². The van der Waals surface area contributed by atoms with Gasteiger partial charge in [0, 0.05) is 0 Å². The molecule has 28 heavy (non-hydrogen) atoms. The quantitative estimate of drug-likeness (QED) is 0.209. The summed E-state index contributed by atoms with van der Waals surface area (Å²) in [7, 11) is 0. The fraction of sp³-hybridized carbons (Fsp3) is 0.444. The summed E-state index contributed by atoms with van der Waals surface area (Å²) in [5.41, 5.74) is 4.37. The Morgan fingerprint density at radius 3 is 2.79 bits per heavy atom. The third-order valence-electron chi connectivity index (χ3n) is 4.14. The first-order valence-electron chi connectivity index (χ1n) is 8.78. The summed E-state index contributed by atoms with van der Waals surface area (Å²) in [4.78, 5) is 12.1. The zero-order chi connectivity index (χ0) is 20.5. The van der Waals surface area contributed by atoms with E-state index in [1.165, 1.54) is 17.2 Å². The Morgan fingerprint density at radius 1 is 1.39 bits per heavy atom. The third-order valence-corrected chi connectivity index (χ3v) is 4.14. The molecular weight excluding hydrogens is 364 g/mol. The largest absolute Gasteiger partial charge is 0.394 e. The van der Waals surface area contributed by atoms with Crippen LogP contribution in [0.1, 0.15) is 25.8 Å². The lowest BCUT2D eigenvalue weighted by Crippen LogP contribution is -2.33. The Bertz CT molecular complexity index is 770. The number of hydrogen-bond acceptors (Lipinski definition) is 8. The number of ether oxygens (including phenoxy) is 1. The van der Waals surface area contributed by atoms with Gasteiger partial charge in [0.05, 0.1) is 25.7 Å². The van der Waals surface area contributed by atoms with E-state index in [0.717, 1.165) is 5.57 Å². The van der Waals surface area contributed by atoms with Gasteiger partial charge in [-0.15, -0.1) is 0 Å². The van der Waals surface area contributed by atoms with E-state index in [1.807, 2.05) is 32.1 Å². The van der Waals surface area contributed by atoms with Gasteiger partial charge >= 0.3 is 0 Å². The number of aliphatic hydroxyl groups excluding tert-OH is 3. The maximum absolute atomic E-state index is 10.3. The van der Waals surface area contributed by atoms with Crippen LogP contribution in [0.4, 0.5) is 5.82 Å². The van der Waals surface area contributed by atoms with Gasteiger partial charge in [-0.2, -0.15) is 5.10 Å². The van der Waals surface area contributed by atoms with Gasteiger partial charge in [-0.05, 0) is 26.1 Å². The van der Waals surface area contributed by atoms with Gasteiger partial charge in [0.2, 0.25) is 0 Å². The van der Waals surface area contributed by atoms with E-state index in [4.69, 9.17) is 4.74 Å². The number of rotatable bonds is 9. The average Bonchev–Trinajstić information content (AvgIpc) is 3.23. The predicted molar refractivity (Wildman–Crippen MR) is 107 cm³/mol. The average molecular weight is 390 g/mol. The van der Waals surface area contributed by atoms with Crippen LogP contribution in [-0.2, 0) is 11.3 Å². The highest BCUT2D eigenvalue weighted by atomic mass is 16.6. The van der Waals surface area contributed by atoms with Crippen LogP contribution in [-0.4, -0.2) is 69.1 Å². The number of imidazole rings is 1. The van der Waals surface area contributed by atoms with Crippen molar-refractivity contribution >= 4 is 25.1 Å². The lowest BCUT2D eigenvalue weighted by atomic mass is 10.1. The molecule has 2 heterocycles. The molecule has 0 bridgehead atoms. The molecule has 10 heteroatoms. The minimum atomic E-state index is -1.24. The number of nitrogens with one attached hydrogen (secondary N) is 1. The van der Waals surface area contributed by atoms with Crippen molar-refractivity contribution in [2.24, 2.45) is 15.1 Å². The van der Waals surface area contributed by atoms with Gasteiger partial charge in [-0.25, -0.2) is 9.98 Å². The molecule has 10 nitrogen and oxygen atoms in total. The molecule has 1 aromatic rings. The van der Waals surface area contributed by atoms with Crippen molar-refractivity contribution in [2.45, 2.75) is 44.9 Å². The van der Waals surface area contributed by atoms with Crippen LogP contribution < -0.4 is 5.43 Å². The van der Waals surface area contributed by atoms with Crippen molar-refractivity contribution in [2.75, 3.05) is 6.61 Å². The third kappa shape index (κ3) is 4.98. The Morgan fingerprint density at radius 2 is 2.18 bits per heavy atom. The Balaban J connectivity index is 2.19. The molecule has 152 valence electrons. The number of hydrogen-bond donors (Lipinski definition) is 4. The molecule has 4 N–H and O–H groups in total. The van der Waals surface area contributed by atoms with Crippen molar-refractivity contribution in [3.8, 4) is 0 Å². The van der Waals surface area contributed by atoms with Gasteiger partial charge in [-0.1, -0.05) is 18.2 Å². The second-order valence-electron chi connectivity index (χ2n) is 5.96. The van der Waals surface area contributed by atoms with E-state index >= 15 is 0 Å². The van der Waals surface area contributed by atoms with E-state index in [9.17, 15) is 15.3 Å². The normalized spacial score (nSPS) is 26.1. The molecule has 2 rings (SSSR count). The van der Waals surface area contributed by atoms with Crippen LogP contribution in [0, 0.1) is 0 Å². The predicted octanol–water partition coefficient (Wildman–Crippen LogP) is 0.453. The Hall–Kier alpha value is -2.66. The standard InChI is InChI=1S/C18H26N6O4/c1-4-6-12(5-2)7-22-23-8-13-17(20-10-19-3)24(11-21-13)18-16(27)15(26)14(9-25)28-18/h4-7,10-11,14-16,18,23,25-27H,3,8-9H2,1-2H3/b6-4-,12-5+,20-10-,22-7+/t14-,15+,16?,18-/m1/s1. The molecule has 1 fully saturated rings. The first kappa shape index (κ1) is 21.6. The fourth-order valence-corrected chi connectivity index (χ4v) is 2.70. The lowest BCUT2D eigenvalue weighted by molar-refractivity contribution is -0.0520. The van der Waals surface area contributed by atoms with Crippen LogP contribution in [0.15, 0.2) is 45.2 Å². The minimum absolute atomic E-state index is 0.259. The summed E-state index contributed by atoms with van der Waals surface area (Å²) < 4.78 is 7.02. The summed E-state index contributed by atoms with van der Waals surface area (Å²) in [5, 5.41) is 33.7. The lowest BCUT2D eigenvalue weighted by Gasteiger charge is -2.17. The molecule has 0 radical (unpaired) electrons. The summed E-state index contributed by atoms with van der Waals surface area (Å²) in [6.45, 7) is 7.04. The summed E-state index contributed by atoms with van der Waals surface area (Å²) >= 11 is 0. The van der Waals surface area contributed by atoms with Crippen molar-refractivity contribution < 1.29 is 20.1 Å². The summed E-state index contributed by atoms with van der Waals surface area (Å²) in [6.07, 6.45) is 5.82. The topological polar surface area (TPSA) is 137 Å². The van der Waals surface area contributed by atoms with Gasteiger partial charge in [0.15, 0.2) is 12.0 Å². The molecule has 1 aromatic heterocycles. The highest BCUT2D eigenvalue weighted by molar-refractivity contribution is 5.81. The summed E-state index contributed by atoms with van der Waals surface area (Å²) in [5.74, 6) is 0.365. The minimum Gasteiger partial charge on any atom is -0.394 e. The molecule has 1 unspecified atom stereocenters. The molecule has 0 saturated carbocycles. The van der Waals surface area contributed by atoms with E-state index < -0.39 is 31.1 Å². The first-order valence-corrected chi connectivity index (χ1v) is 8.78. The second-order valence-corrected chi connectivity index (χ2v) is 5.96. The molecule has 0 aliphatic carbocycles. The van der Waals surface area contributed by atoms with Gasteiger partial charge in [0.1, 0.15) is 30.3 Å². The molecule has 1 saturated heterocycles. The van der Waals surface area contributed by atoms with Crippen molar-refractivity contribution in [1.29, 1.82) is 0 Å². The van der Waals surface area contributed by atoms with Crippen LogP contribution in [0.25, 0.3) is 0 Å². The smallest absolute Gasteiger partial charge is 0.165 e.